The van der Waals surface area contributed by atoms with Crippen molar-refractivity contribution in [2.24, 2.45) is 5.73 Å². The monoisotopic (exact) mass is 515 g/mol. The summed E-state index contributed by atoms with van der Waals surface area (Å²) in [4.78, 5) is 21.8. The van der Waals surface area contributed by atoms with E-state index in [-0.39, 0.29) is 11.3 Å². The Balaban J connectivity index is 1.49. The van der Waals surface area contributed by atoms with Gasteiger partial charge in [-0.1, -0.05) is 23.7 Å². The zero-order chi connectivity index (χ0) is 26.0. The highest BCUT2D eigenvalue weighted by molar-refractivity contribution is 6.30. The van der Waals surface area contributed by atoms with Gasteiger partial charge in [0.2, 0.25) is 11.8 Å². The lowest BCUT2D eigenvalue weighted by molar-refractivity contribution is -0.118. The number of rotatable bonds is 6. The lowest BCUT2D eigenvalue weighted by atomic mass is 9.74. The van der Waals surface area contributed by atoms with E-state index in [4.69, 9.17) is 22.1 Å². The van der Waals surface area contributed by atoms with Crippen LogP contribution in [0.1, 0.15) is 37.3 Å². The van der Waals surface area contributed by atoms with Crippen molar-refractivity contribution >= 4 is 28.9 Å². The molecule has 1 amide bonds. The normalized spacial score (nSPS) is 15.9. The van der Waals surface area contributed by atoms with E-state index < -0.39 is 0 Å². The largest absolute Gasteiger partial charge is 0.478 e. The van der Waals surface area contributed by atoms with Crippen LogP contribution in [0.2, 0.25) is 5.02 Å². The fourth-order valence-corrected chi connectivity index (χ4v) is 5.84. The molecule has 0 atom stereocenters. The summed E-state index contributed by atoms with van der Waals surface area (Å²) in [6.07, 6.45) is 3.77. The van der Waals surface area contributed by atoms with Crippen LogP contribution in [0.15, 0.2) is 54.7 Å². The molecule has 7 nitrogen and oxygen atoms in total. The number of hydrogen-bond acceptors (Lipinski definition) is 6. The fourth-order valence-electron chi connectivity index (χ4n) is 5.66. The van der Waals surface area contributed by atoms with E-state index in [1.165, 1.54) is 5.56 Å². The topological polar surface area (TPSA) is 95.5 Å². The van der Waals surface area contributed by atoms with Crippen LogP contribution in [0.4, 0.5) is 11.4 Å². The van der Waals surface area contributed by atoms with E-state index in [2.05, 4.69) is 34.2 Å². The van der Waals surface area contributed by atoms with E-state index in [0.29, 0.717) is 42.6 Å². The highest BCUT2D eigenvalue weighted by atomic mass is 35.5. The molecule has 1 fully saturated rings. The number of nitrogens with two attached hydrogens (primary N) is 1. The predicted molar refractivity (Wildman–Crippen MR) is 146 cm³/mol. The van der Waals surface area contributed by atoms with Crippen molar-refractivity contribution in [3.63, 3.8) is 0 Å². The highest BCUT2D eigenvalue weighted by Crippen LogP contribution is 2.49. The first kappa shape index (κ1) is 25.1. The molecule has 0 unspecified atom stereocenters. The van der Waals surface area contributed by atoms with Gasteiger partial charge in [0, 0.05) is 60.5 Å². The van der Waals surface area contributed by atoms with Crippen molar-refractivity contribution in [2.45, 2.75) is 31.6 Å². The minimum absolute atomic E-state index is 0.0425. The van der Waals surface area contributed by atoms with Crippen LogP contribution in [0.3, 0.4) is 0 Å². The first-order chi connectivity index (χ1) is 18.0. The molecule has 37 heavy (non-hydrogen) atoms. The molecule has 1 saturated heterocycles. The van der Waals surface area contributed by atoms with E-state index in [9.17, 15) is 10.1 Å². The molecule has 3 heterocycles. The van der Waals surface area contributed by atoms with Gasteiger partial charge in [0.15, 0.2) is 0 Å². The Labute approximate surface area is 222 Å². The Morgan fingerprint density at radius 2 is 2.00 bits per heavy atom. The third-order valence-corrected chi connectivity index (χ3v) is 7.72. The summed E-state index contributed by atoms with van der Waals surface area (Å²) in [7, 11) is 0. The van der Waals surface area contributed by atoms with Crippen molar-refractivity contribution < 1.29 is 9.53 Å². The second kappa shape index (κ2) is 10.4. The van der Waals surface area contributed by atoms with Crippen LogP contribution in [0.5, 0.6) is 5.88 Å². The molecule has 5 rings (SSSR count). The lowest BCUT2D eigenvalue weighted by Crippen LogP contribution is -2.46. The first-order valence-electron chi connectivity index (χ1n) is 12.7. The van der Waals surface area contributed by atoms with Crippen molar-refractivity contribution in [2.75, 3.05) is 42.6 Å². The van der Waals surface area contributed by atoms with Gasteiger partial charge in [-0.25, -0.2) is 4.98 Å². The zero-order valence-electron chi connectivity index (χ0n) is 20.9. The number of fused-ring (bicyclic) bond motifs is 2. The molecule has 2 aliphatic heterocycles. The van der Waals surface area contributed by atoms with Gasteiger partial charge >= 0.3 is 0 Å². The Hall–Kier alpha value is -3.60. The number of nitrogens with zero attached hydrogens (tertiary/aromatic N) is 4. The number of nitriles is 1. The summed E-state index contributed by atoms with van der Waals surface area (Å²) in [5.74, 6) is 0.628. The third-order valence-electron chi connectivity index (χ3n) is 7.48. The van der Waals surface area contributed by atoms with Crippen molar-refractivity contribution in [1.29, 1.82) is 5.26 Å². The molecule has 1 aromatic heterocycles. The number of amides is 1. The van der Waals surface area contributed by atoms with Crippen LogP contribution in [-0.4, -0.2) is 43.7 Å². The molecule has 2 aromatic carbocycles. The molecule has 190 valence electrons. The van der Waals surface area contributed by atoms with E-state index in [0.717, 1.165) is 48.4 Å². The van der Waals surface area contributed by atoms with Crippen LogP contribution in [0.25, 0.3) is 11.1 Å². The second-order valence-corrected chi connectivity index (χ2v) is 10.0. The van der Waals surface area contributed by atoms with Crippen LogP contribution >= 0.6 is 11.6 Å². The van der Waals surface area contributed by atoms with Crippen molar-refractivity contribution in [1.82, 2.24) is 4.98 Å². The Bertz CT molecular complexity index is 1360. The summed E-state index contributed by atoms with van der Waals surface area (Å²) in [6, 6.07) is 18.0. The number of aromatic nitrogens is 1. The third kappa shape index (κ3) is 4.63. The molecular formula is C29H30ClN5O2. The number of carbonyl (C=O) groups is 1. The Kier molecular flexibility index (Phi) is 7.05. The van der Waals surface area contributed by atoms with E-state index >= 15 is 0 Å². The van der Waals surface area contributed by atoms with E-state index in [1.807, 2.05) is 36.1 Å². The fraction of sp³-hybridized carbons (Fsp3) is 0.345. The van der Waals surface area contributed by atoms with Gasteiger partial charge in [0.05, 0.1) is 17.9 Å². The number of halogens is 1. The van der Waals surface area contributed by atoms with Crippen LogP contribution in [-0.2, 0) is 10.2 Å². The van der Waals surface area contributed by atoms with E-state index in [1.54, 1.807) is 12.3 Å². The number of carbonyl (C=O) groups excluding carboxylic acids is 1. The highest BCUT2D eigenvalue weighted by Gasteiger charge is 2.46. The molecule has 0 aliphatic carbocycles. The van der Waals surface area contributed by atoms with Gasteiger partial charge in [0.25, 0.3) is 0 Å². The molecule has 1 spiro atoms. The van der Waals surface area contributed by atoms with Gasteiger partial charge in [-0.05, 0) is 67.3 Å². The van der Waals surface area contributed by atoms with Crippen molar-refractivity contribution in [3.8, 4) is 23.1 Å². The molecule has 0 bridgehead atoms. The molecule has 2 aliphatic rings. The maximum absolute atomic E-state index is 13.2. The lowest BCUT2D eigenvalue weighted by Gasteiger charge is -2.41. The number of benzene rings is 2. The molecule has 3 aromatic rings. The van der Waals surface area contributed by atoms with Crippen LogP contribution in [0, 0.1) is 11.3 Å². The van der Waals surface area contributed by atoms with Gasteiger partial charge in [-0.2, -0.15) is 5.26 Å². The molecule has 0 radical (unpaired) electrons. The minimum atomic E-state index is -0.147. The number of pyridine rings is 1. The average molecular weight is 516 g/mol. The second-order valence-electron chi connectivity index (χ2n) is 9.58. The van der Waals surface area contributed by atoms with Gasteiger partial charge in [-0.15, -0.1) is 0 Å². The summed E-state index contributed by atoms with van der Waals surface area (Å²) in [5.41, 5.74) is 11.1. The summed E-state index contributed by atoms with van der Waals surface area (Å²) < 4.78 is 5.77. The SMILES string of the molecule is CCOc1ncccc1-c1ccc2c(c1)N(C(=O)CCN)CC21CCN(c2ccc(Cl)cc2C#N)CC1. The van der Waals surface area contributed by atoms with Gasteiger partial charge in [-0.3, -0.25) is 4.79 Å². The number of piperidine rings is 1. The number of anilines is 2. The van der Waals surface area contributed by atoms with Gasteiger partial charge < -0.3 is 20.3 Å². The predicted octanol–water partition coefficient (Wildman–Crippen LogP) is 4.91. The molecule has 8 heteroatoms. The number of hydrogen-bond donors (Lipinski definition) is 1. The Morgan fingerprint density at radius 3 is 2.73 bits per heavy atom. The maximum Gasteiger partial charge on any atom is 0.228 e. The standard InChI is InChI=1S/C29H30ClN5O2/c1-2-37-28-23(4-3-13-33-28)20-5-7-24-26(17-20)35(27(36)9-12-31)19-29(24)10-14-34(15-11-29)25-8-6-22(30)16-21(25)18-32/h3-8,13,16-17H,2,9-12,14-15,19,31H2,1H3. The van der Waals surface area contributed by atoms with Crippen LogP contribution < -0.4 is 20.3 Å². The smallest absolute Gasteiger partial charge is 0.228 e. The first-order valence-corrected chi connectivity index (χ1v) is 13.0. The maximum atomic E-state index is 13.2. The summed E-state index contributed by atoms with van der Waals surface area (Å²) >= 11 is 6.12. The summed E-state index contributed by atoms with van der Waals surface area (Å²) in [6.45, 7) is 4.98. The Morgan fingerprint density at radius 1 is 1.19 bits per heavy atom. The van der Waals surface area contributed by atoms with Gasteiger partial charge in [0.1, 0.15) is 6.07 Å². The minimum Gasteiger partial charge on any atom is -0.478 e. The summed E-state index contributed by atoms with van der Waals surface area (Å²) in [5, 5.41) is 10.2. The quantitative estimate of drug-likeness (QED) is 0.501. The molecule has 2 N–H and O–H groups in total. The average Bonchev–Trinajstić information content (AvgIpc) is 3.23. The molecular weight excluding hydrogens is 486 g/mol. The van der Waals surface area contributed by atoms with Crippen molar-refractivity contribution in [3.05, 3.63) is 70.9 Å². The zero-order valence-corrected chi connectivity index (χ0v) is 21.7. The molecule has 0 saturated carbocycles. The number of ether oxygens (including phenoxy) is 1.